The summed E-state index contributed by atoms with van der Waals surface area (Å²) in [4.78, 5) is 42.7. The summed E-state index contributed by atoms with van der Waals surface area (Å²) in [6.07, 6.45) is -5.21. The lowest BCUT2D eigenvalue weighted by Crippen LogP contribution is -2.48. The van der Waals surface area contributed by atoms with Crippen molar-refractivity contribution in [3.05, 3.63) is 42.0 Å². The summed E-state index contributed by atoms with van der Waals surface area (Å²) in [5, 5.41) is 15.4. The number of carbonyl (C=O) groups is 3. The first-order valence-corrected chi connectivity index (χ1v) is 16.4. The summed E-state index contributed by atoms with van der Waals surface area (Å²) in [7, 11) is 1.64. The zero-order chi connectivity index (χ0) is 35.7. The van der Waals surface area contributed by atoms with E-state index >= 15 is 0 Å². The molecule has 4 amide bonds. The quantitative estimate of drug-likeness (QED) is 0.322. The van der Waals surface area contributed by atoms with E-state index in [1.807, 2.05) is 13.8 Å². The Bertz CT molecular complexity index is 1460. The lowest BCUT2D eigenvalue weighted by molar-refractivity contribution is -0.142. The Morgan fingerprint density at radius 3 is 2.45 bits per heavy atom. The topological polar surface area (TPSA) is 139 Å². The molecule has 0 saturated carbocycles. The van der Waals surface area contributed by atoms with Gasteiger partial charge < -0.3 is 44.5 Å². The molecule has 2 aliphatic rings. The van der Waals surface area contributed by atoms with Crippen LogP contribution in [0.4, 0.5) is 29.3 Å². The molecule has 4 atom stereocenters. The Morgan fingerprint density at radius 2 is 1.73 bits per heavy atom. The minimum atomic E-state index is -4.49. The number of ether oxygens (including phenoxy) is 4. The summed E-state index contributed by atoms with van der Waals surface area (Å²) >= 11 is 0. The van der Waals surface area contributed by atoms with E-state index in [2.05, 4.69) is 10.6 Å². The van der Waals surface area contributed by atoms with Crippen molar-refractivity contribution >= 4 is 29.2 Å². The molecule has 15 heteroatoms. The number of aliphatic hydroxyl groups is 1. The molecule has 0 aliphatic carbocycles. The van der Waals surface area contributed by atoms with Gasteiger partial charge >= 0.3 is 12.2 Å². The number of fused-ring (bicyclic) bond motifs is 2. The van der Waals surface area contributed by atoms with Gasteiger partial charge in [-0.05, 0) is 63.4 Å². The number of nitrogens with one attached hydrogen (secondary N) is 2. The van der Waals surface area contributed by atoms with Crippen molar-refractivity contribution in [1.82, 2.24) is 9.80 Å². The first-order valence-electron chi connectivity index (χ1n) is 16.4. The van der Waals surface area contributed by atoms with Crippen LogP contribution in [0.5, 0.6) is 17.2 Å². The molecule has 0 radical (unpaired) electrons. The average Bonchev–Trinajstić information content (AvgIpc) is 3.52. The Hall–Kier alpha value is -4.24. The zero-order valence-electron chi connectivity index (χ0n) is 28.2. The van der Waals surface area contributed by atoms with Crippen molar-refractivity contribution in [3.63, 3.8) is 0 Å². The first-order chi connectivity index (χ1) is 23.2. The van der Waals surface area contributed by atoms with Gasteiger partial charge in [0.1, 0.15) is 5.75 Å². The summed E-state index contributed by atoms with van der Waals surface area (Å²) in [6.45, 7) is 5.91. The molecule has 0 fully saturated rings. The second-order valence-electron chi connectivity index (χ2n) is 12.6. The van der Waals surface area contributed by atoms with Crippen LogP contribution in [0.15, 0.2) is 36.4 Å². The van der Waals surface area contributed by atoms with Crippen LogP contribution in [0.1, 0.15) is 63.2 Å². The average molecular weight is 695 g/mol. The van der Waals surface area contributed by atoms with Gasteiger partial charge in [0.25, 0.3) is 5.91 Å². The van der Waals surface area contributed by atoms with Crippen LogP contribution >= 0.6 is 0 Å². The first kappa shape index (κ1) is 37.6. The van der Waals surface area contributed by atoms with Crippen LogP contribution in [0.3, 0.4) is 0 Å². The molecule has 0 bridgehead atoms. The van der Waals surface area contributed by atoms with Crippen LogP contribution in [0, 0.1) is 5.92 Å². The summed E-state index contributed by atoms with van der Waals surface area (Å²) < 4.78 is 61.2. The number of urea groups is 1. The van der Waals surface area contributed by atoms with Crippen molar-refractivity contribution in [1.29, 1.82) is 0 Å². The summed E-state index contributed by atoms with van der Waals surface area (Å²) in [5.41, 5.74) is 0.751. The number of hydrogen-bond donors (Lipinski definition) is 3. The molecule has 12 nitrogen and oxygen atoms in total. The van der Waals surface area contributed by atoms with E-state index < -0.39 is 43.0 Å². The fourth-order valence-electron chi connectivity index (χ4n) is 5.49. The third-order valence-electron chi connectivity index (χ3n) is 8.40. The number of benzene rings is 2. The highest BCUT2D eigenvalue weighted by atomic mass is 19.4. The maximum Gasteiger partial charge on any atom is 0.389 e. The van der Waals surface area contributed by atoms with Crippen molar-refractivity contribution in [2.75, 3.05) is 50.8 Å². The van der Waals surface area contributed by atoms with Gasteiger partial charge in [0.05, 0.1) is 36.8 Å². The molecule has 3 N–H and O–H groups in total. The number of carbonyl (C=O) groups excluding carboxylic acids is 3. The van der Waals surface area contributed by atoms with Gasteiger partial charge in [0.15, 0.2) is 11.5 Å². The molecule has 270 valence electrons. The van der Waals surface area contributed by atoms with Crippen LogP contribution in [-0.2, 0) is 9.53 Å². The van der Waals surface area contributed by atoms with Gasteiger partial charge in [-0.2, -0.15) is 13.2 Å². The molecule has 0 aromatic heterocycles. The van der Waals surface area contributed by atoms with Gasteiger partial charge in [-0.1, -0.05) is 6.92 Å². The van der Waals surface area contributed by atoms with E-state index in [0.717, 1.165) is 12.8 Å². The zero-order valence-corrected chi connectivity index (χ0v) is 28.2. The normalized spacial score (nSPS) is 20.8. The van der Waals surface area contributed by atoms with E-state index in [-0.39, 0.29) is 61.5 Å². The Morgan fingerprint density at radius 1 is 1.04 bits per heavy atom. The summed E-state index contributed by atoms with van der Waals surface area (Å²) in [5.74, 6) is -0.306. The predicted octanol–water partition coefficient (Wildman–Crippen LogP) is 5.66. The lowest BCUT2D eigenvalue weighted by Gasteiger charge is -2.35. The molecule has 2 aromatic carbocycles. The molecule has 49 heavy (non-hydrogen) atoms. The smallest absolute Gasteiger partial charge is 0.389 e. The van der Waals surface area contributed by atoms with E-state index in [1.54, 1.807) is 32.2 Å². The maximum absolute atomic E-state index is 14.2. The molecule has 0 saturated heterocycles. The Kier molecular flexibility index (Phi) is 13.0. The molecule has 2 heterocycles. The highest BCUT2D eigenvalue weighted by Crippen LogP contribution is 2.34. The van der Waals surface area contributed by atoms with Gasteiger partial charge in [0.2, 0.25) is 12.7 Å². The van der Waals surface area contributed by atoms with Crippen molar-refractivity contribution in [2.24, 2.45) is 5.92 Å². The maximum atomic E-state index is 14.2. The van der Waals surface area contributed by atoms with Crippen molar-refractivity contribution < 1.29 is 51.6 Å². The van der Waals surface area contributed by atoms with Gasteiger partial charge in [-0.3, -0.25) is 9.59 Å². The van der Waals surface area contributed by atoms with E-state index in [1.165, 1.54) is 28.0 Å². The lowest BCUT2D eigenvalue weighted by atomic mass is 10.0. The second kappa shape index (κ2) is 16.9. The minimum Gasteiger partial charge on any atom is -0.490 e. The highest BCUT2D eigenvalue weighted by molar-refractivity contribution is 5.99. The number of aliphatic hydroxyl groups excluding tert-OH is 1. The standard InChI is InChI=1S/C34H45F3N4O8/c1-21-17-41(22(2)19-42)32(44)26-15-24(38-31(43)12-13-34(35,36)37)8-10-27(26)49-23(3)7-5-6-14-46-30(21)18-40(4)33(45)39-25-9-11-28-29(16-25)48-20-47-28/h8-11,15-16,21-23,30,42H,5-7,12-14,17-20H2,1-4H3,(H,38,43)(H,39,45)/t21-,22-,23-,30-/m0/s1. The van der Waals surface area contributed by atoms with Gasteiger partial charge in [-0.15, -0.1) is 0 Å². The molecule has 2 aromatic rings. The number of alkyl halides is 3. The minimum absolute atomic E-state index is 0.0859. The van der Waals surface area contributed by atoms with Crippen molar-refractivity contribution in [2.45, 2.75) is 77.3 Å². The highest BCUT2D eigenvalue weighted by Gasteiger charge is 2.32. The summed E-state index contributed by atoms with van der Waals surface area (Å²) in [6, 6.07) is 8.44. The molecule has 4 rings (SSSR count). The third-order valence-corrected chi connectivity index (χ3v) is 8.40. The number of rotatable bonds is 8. The molecule has 0 spiro atoms. The van der Waals surface area contributed by atoms with E-state index in [4.69, 9.17) is 18.9 Å². The molecular weight excluding hydrogens is 649 g/mol. The van der Waals surface area contributed by atoms with Gasteiger partial charge in [0, 0.05) is 56.5 Å². The molecule has 2 aliphatic heterocycles. The van der Waals surface area contributed by atoms with Crippen LogP contribution in [-0.4, -0.2) is 97.3 Å². The van der Waals surface area contributed by atoms with Crippen molar-refractivity contribution in [3.8, 4) is 17.2 Å². The molecule has 0 unspecified atom stereocenters. The van der Waals surface area contributed by atoms with Crippen LogP contribution < -0.4 is 24.8 Å². The third kappa shape index (κ3) is 10.9. The van der Waals surface area contributed by atoms with E-state index in [0.29, 0.717) is 30.2 Å². The Balaban J connectivity index is 1.55. The molecular formula is C34H45F3N4O8. The number of likely N-dealkylation sites (N-methyl/N-ethyl adjacent to an activating group) is 1. The number of hydrogen-bond acceptors (Lipinski definition) is 8. The number of anilines is 2. The van der Waals surface area contributed by atoms with Gasteiger partial charge in [-0.25, -0.2) is 4.79 Å². The van der Waals surface area contributed by atoms with Crippen LogP contribution in [0.2, 0.25) is 0 Å². The van der Waals surface area contributed by atoms with Crippen LogP contribution in [0.25, 0.3) is 0 Å². The van der Waals surface area contributed by atoms with E-state index in [9.17, 15) is 32.7 Å². The predicted molar refractivity (Wildman–Crippen MR) is 175 cm³/mol. The Labute approximate surface area is 283 Å². The number of nitrogens with zero attached hydrogens (tertiary/aromatic N) is 2. The fourth-order valence-corrected chi connectivity index (χ4v) is 5.49. The largest absolute Gasteiger partial charge is 0.490 e. The monoisotopic (exact) mass is 694 g/mol. The second-order valence-corrected chi connectivity index (χ2v) is 12.6. The number of amides is 4. The number of halogens is 3. The SMILES string of the molecule is C[C@H]1CCCCO[C@@H](CN(C)C(=O)Nc2ccc3c(c2)OCO3)[C@@H](C)CN([C@@H](C)CO)C(=O)c2cc(NC(=O)CCC(F)(F)F)ccc2O1. The fraction of sp³-hybridized carbons (Fsp3) is 0.559.